The van der Waals surface area contributed by atoms with Crippen molar-refractivity contribution in [2.45, 2.75) is 53.2 Å². The monoisotopic (exact) mass is 229 g/mol. The minimum Gasteiger partial charge on any atom is -0.455 e. The summed E-state index contributed by atoms with van der Waals surface area (Å²) in [7, 11) is 0. The molecule has 92 valence electrons. The van der Waals surface area contributed by atoms with Crippen molar-refractivity contribution < 1.29 is 18.7 Å². The molecule has 0 radical (unpaired) electrons. The molecule has 1 atom stereocenters. The standard InChI is InChI=1S/C12H21O4/c1-11(2,3)10-14-7-8(15-10)9(13)16-12(4,5)6/h8H,7H2,1-6H3/q+1. The van der Waals surface area contributed by atoms with E-state index < -0.39 is 11.7 Å². The van der Waals surface area contributed by atoms with Gasteiger partial charge in [-0.3, -0.25) is 4.74 Å². The molecule has 1 heterocycles. The van der Waals surface area contributed by atoms with Crippen LogP contribution in [0.3, 0.4) is 0 Å². The van der Waals surface area contributed by atoms with E-state index in [1.165, 1.54) is 0 Å². The Bertz CT molecular complexity index is 304. The number of cyclic esters (lactones) is 1. The summed E-state index contributed by atoms with van der Waals surface area (Å²) in [5, 5.41) is 0. The topological polar surface area (TPSA) is 46.8 Å². The van der Waals surface area contributed by atoms with Crippen molar-refractivity contribution >= 4 is 11.9 Å². The van der Waals surface area contributed by atoms with E-state index in [0.29, 0.717) is 5.97 Å². The van der Waals surface area contributed by atoms with E-state index in [9.17, 15) is 4.79 Å². The second kappa shape index (κ2) is 4.07. The third-order valence-electron chi connectivity index (χ3n) is 1.90. The molecule has 0 saturated carbocycles. The van der Waals surface area contributed by atoms with Crippen molar-refractivity contribution in [1.29, 1.82) is 0 Å². The lowest BCUT2D eigenvalue weighted by molar-refractivity contribution is -0.452. The van der Waals surface area contributed by atoms with E-state index >= 15 is 0 Å². The third kappa shape index (κ3) is 3.51. The number of ether oxygens (including phenoxy) is 2. The van der Waals surface area contributed by atoms with Crippen molar-refractivity contribution in [1.82, 2.24) is 0 Å². The molecule has 4 heteroatoms. The highest BCUT2D eigenvalue weighted by Crippen LogP contribution is 2.21. The van der Waals surface area contributed by atoms with Gasteiger partial charge in [-0.05, 0) is 41.5 Å². The van der Waals surface area contributed by atoms with Crippen LogP contribution in [0.1, 0.15) is 41.5 Å². The fourth-order valence-electron chi connectivity index (χ4n) is 1.23. The second-order valence-corrected chi connectivity index (χ2v) is 5.99. The summed E-state index contributed by atoms with van der Waals surface area (Å²) in [6.45, 7) is 11.6. The van der Waals surface area contributed by atoms with Gasteiger partial charge in [-0.2, -0.15) is 0 Å². The van der Waals surface area contributed by atoms with Crippen LogP contribution in [0, 0.1) is 5.41 Å². The summed E-state index contributed by atoms with van der Waals surface area (Å²) in [6.07, 6.45) is -0.631. The number of esters is 2. The highest BCUT2D eigenvalue weighted by Gasteiger charge is 2.47. The van der Waals surface area contributed by atoms with Crippen molar-refractivity contribution in [3.05, 3.63) is 0 Å². The molecule has 0 aromatic carbocycles. The number of hydrogen-bond donors (Lipinski definition) is 0. The predicted octanol–water partition coefficient (Wildman–Crippen LogP) is 1.84. The Morgan fingerprint density at radius 3 is 2.25 bits per heavy atom. The Kier molecular flexibility index (Phi) is 3.31. The van der Waals surface area contributed by atoms with Crippen molar-refractivity contribution in [2.24, 2.45) is 5.41 Å². The maximum absolute atomic E-state index is 11.7. The van der Waals surface area contributed by atoms with E-state index in [-0.39, 0.29) is 18.0 Å². The Morgan fingerprint density at radius 1 is 1.31 bits per heavy atom. The molecule has 0 fully saturated rings. The van der Waals surface area contributed by atoms with Gasteiger partial charge in [0.1, 0.15) is 11.0 Å². The van der Waals surface area contributed by atoms with Crippen molar-refractivity contribution in [2.75, 3.05) is 6.61 Å². The van der Waals surface area contributed by atoms with Crippen LogP contribution in [0.4, 0.5) is 0 Å². The normalized spacial score (nSPS) is 21.4. The minimum atomic E-state index is -0.631. The molecule has 1 unspecified atom stereocenters. The lowest BCUT2D eigenvalue weighted by Crippen LogP contribution is -2.35. The maximum atomic E-state index is 11.7. The highest BCUT2D eigenvalue weighted by molar-refractivity contribution is 5.83. The summed E-state index contributed by atoms with van der Waals surface area (Å²) < 4.78 is 16.0. The van der Waals surface area contributed by atoms with Gasteiger partial charge >= 0.3 is 18.0 Å². The number of rotatable bonds is 1. The Hall–Kier alpha value is -1.06. The first-order valence-electron chi connectivity index (χ1n) is 5.49. The van der Waals surface area contributed by atoms with Gasteiger partial charge in [-0.25, -0.2) is 4.79 Å². The van der Waals surface area contributed by atoms with Gasteiger partial charge in [0.25, 0.3) is 6.61 Å². The van der Waals surface area contributed by atoms with E-state index in [2.05, 4.69) is 0 Å². The van der Waals surface area contributed by atoms with Crippen LogP contribution >= 0.6 is 0 Å². The molecular formula is C12H21O4+. The van der Waals surface area contributed by atoms with Gasteiger partial charge in [0.05, 0.1) is 0 Å². The molecule has 0 saturated heterocycles. The van der Waals surface area contributed by atoms with Crippen molar-refractivity contribution in [3.8, 4) is 0 Å². The summed E-state index contributed by atoms with van der Waals surface area (Å²) in [5.74, 6) is 0.134. The third-order valence-corrected chi connectivity index (χ3v) is 1.90. The van der Waals surface area contributed by atoms with Gasteiger partial charge in [0.2, 0.25) is 0 Å². The molecular weight excluding hydrogens is 208 g/mol. The molecule has 0 bridgehead atoms. The van der Waals surface area contributed by atoms with Crippen LogP contribution in [-0.4, -0.2) is 30.3 Å². The smallest absolute Gasteiger partial charge is 0.455 e. The first-order chi connectivity index (χ1) is 7.09. The zero-order valence-corrected chi connectivity index (χ0v) is 10.9. The van der Waals surface area contributed by atoms with E-state index in [1.807, 2.05) is 41.5 Å². The molecule has 1 rings (SSSR count). The Labute approximate surface area is 96.6 Å². The summed E-state index contributed by atoms with van der Waals surface area (Å²) >= 11 is 0. The quantitative estimate of drug-likeness (QED) is 0.509. The van der Waals surface area contributed by atoms with E-state index in [0.717, 1.165) is 0 Å². The van der Waals surface area contributed by atoms with Gasteiger partial charge in [-0.15, -0.1) is 0 Å². The summed E-state index contributed by atoms with van der Waals surface area (Å²) in [4.78, 5) is 11.7. The SMILES string of the molecule is CC(C)(C)OC(=O)C1C[O+]=C(C(C)(C)C)O1. The lowest BCUT2D eigenvalue weighted by Gasteiger charge is -2.19. The lowest BCUT2D eigenvalue weighted by atomic mass is 9.97. The fraction of sp³-hybridized carbons (Fsp3) is 0.833. The Balaban J connectivity index is 2.54. The molecule has 16 heavy (non-hydrogen) atoms. The van der Waals surface area contributed by atoms with Crippen LogP contribution in [0.2, 0.25) is 0 Å². The molecule has 0 aliphatic carbocycles. The number of carbonyl (C=O) groups is 1. The van der Waals surface area contributed by atoms with Gasteiger partial charge in [0, 0.05) is 0 Å². The first-order valence-corrected chi connectivity index (χ1v) is 5.49. The molecule has 0 amide bonds. The molecule has 4 nitrogen and oxygen atoms in total. The largest absolute Gasteiger partial charge is 0.491 e. The van der Waals surface area contributed by atoms with Crippen LogP contribution in [-0.2, 0) is 18.7 Å². The van der Waals surface area contributed by atoms with Gasteiger partial charge < -0.3 is 9.16 Å². The maximum Gasteiger partial charge on any atom is 0.491 e. The average molecular weight is 229 g/mol. The van der Waals surface area contributed by atoms with Crippen LogP contribution < -0.4 is 0 Å². The zero-order valence-electron chi connectivity index (χ0n) is 10.9. The summed E-state index contributed by atoms with van der Waals surface area (Å²) in [6, 6.07) is 0. The second-order valence-electron chi connectivity index (χ2n) is 5.99. The highest BCUT2D eigenvalue weighted by atomic mass is 16.7. The molecule has 0 spiro atoms. The Morgan fingerprint density at radius 2 is 1.88 bits per heavy atom. The molecule has 0 aromatic heterocycles. The van der Waals surface area contributed by atoms with Crippen molar-refractivity contribution in [3.63, 3.8) is 0 Å². The van der Waals surface area contributed by atoms with Crippen LogP contribution in [0.5, 0.6) is 0 Å². The van der Waals surface area contributed by atoms with E-state index in [4.69, 9.17) is 13.9 Å². The minimum absolute atomic E-state index is 0.212. The van der Waals surface area contributed by atoms with E-state index in [1.54, 1.807) is 0 Å². The molecule has 1 aliphatic heterocycles. The predicted molar refractivity (Wildman–Crippen MR) is 60.0 cm³/mol. The van der Waals surface area contributed by atoms with Gasteiger partial charge in [-0.1, -0.05) is 0 Å². The first kappa shape index (κ1) is 13.0. The molecule has 0 N–H and O–H groups in total. The summed E-state index contributed by atoms with van der Waals surface area (Å²) in [5.41, 5.74) is -0.707. The number of hydrogen-bond acceptors (Lipinski definition) is 3. The molecule has 0 aromatic rings. The zero-order chi connectivity index (χ0) is 12.6. The number of carbonyl (C=O) groups excluding carboxylic acids is 2. The molecule has 1 aliphatic rings. The fourth-order valence-corrected chi connectivity index (χ4v) is 1.23. The van der Waals surface area contributed by atoms with Crippen LogP contribution in [0.25, 0.3) is 0 Å². The average Bonchev–Trinajstić information content (AvgIpc) is 2.46. The van der Waals surface area contributed by atoms with Crippen LogP contribution in [0.15, 0.2) is 0 Å². The van der Waals surface area contributed by atoms with Gasteiger partial charge in [0.15, 0.2) is 0 Å².